The minimum absolute atomic E-state index is 0.0410. The maximum absolute atomic E-state index is 13.7. The highest BCUT2D eigenvalue weighted by Gasteiger charge is 2.37. The number of rotatable bonds is 5. The molecule has 0 bridgehead atoms. The van der Waals surface area contributed by atoms with Gasteiger partial charge in [0.05, 0.1) is 16.5 Å². The van der Waals surface area contributed by atoms with Crippen molar-refractivity contribution in [3.8, 4) is 0 Å². The fraction of sp³-hybridized carbons (Fsp3) is 0.300. The molecule has 3 rings (SSSR count). The minimum atomic E-state index is -4.78. The standard InChI is InChI=1S/C20H19F3N2O3/c1-2-3-11-25-18(27)16-14(24-19(25)28)10-9-13(20(21,22)23)15(16)17(26)12-7-5-4-6-8-12/h4-10,17,26H,2-3,11H2,1H3,(H,24,28). The van der Waals surface area contributed by atoms with Crippen LogP contribution in [0.3, 0.4) is 0 Å². The molecule has 1 unspecified atom stereocenters. The largest absolute Gasteiger partial charge is 0.416 e. The molecule has 0 fully saturated rings. The van der Waals surface area contributed by atoms with Crippen molar-refractivity contribution in [3.63, 3.8) is 0 Å². The summed E-state index contributed by atoms with van der Waals surface area (Å²) in [5.74, 6) is 0. The van der Waals surface area contributed by atoms with Crippen LogP contribution < -0.4 is 11.2 Å². The van der Waals surface area contributed by atoms with Crippen molar-refractivity contribution < 1.29 is 18.3 Å². The van der Waals surface area contributed by atoms with Gasteiger partial charge in [-0.15, -0.1) is 0 Å². The first-order valence-corrected chi connectivity index (χ1v) is 8.85. The average molecular weight is 392 g/mol. The number of nitrogens with zero attached hydrogens (tertiary/aromatic N) is 1. The van der Waals surface area contributed by atoms with E-state index in [2.05, 4.69) is 4.98 Å². The lowest BCUT2D eigenvalue weighted by Gasteiger charge is -2.20. The smallest absolute Gasteiger partial charge is 0.384 e. The number of nitrogens with one attached hydrogen (secondary N) is 1. The first-order chi connectivity index (χ1) is 13.3. The van der Waals surface area contributed by atoms with E-state index in [0.717, 1.165) is 16.7 Å². The molecule has 0 spiro atoms. The van der Waals surface area contributed by atoms with Crippen molar-refractivity contribution in [1.82, 2.24) is 9.55 Å². The maximum Gasteiger partial charge on any atom is 0.416 e. The van der Waals surface area contributed by atoms with Crippen LogP contribution in [0.4, 0.5) is 13.2 Å². The third-order valence-electron chi connectivity index (χ3n) is 4.62. The summed E-state index contributed by atoms with van der Waals surface area (Å²) in [5.41, 5.74) is -3.02. The van der Waals surface area contributed by atoms with Crippen molar-refractivity contribution in [2.45, 2.75) is 38.6 Å². The number of hydrogen-bond acceptors (Lipinski definition) is 3. The van der Waals surface area contributed by atoms with Gasteiger partial charge in [0, 0.05) is 12.1 Å². The van der Waals surface area contributed by atoms with Gasteiger partial charge in [-0.3, -0.25) is 9.36 Å². The summed E-state index contributed by atoms with van der Waals surface area (Å²) >= 11 is 0. The van der Waals surface area contributed by atoms with Crippen LogP contribution in [-0.2, 0) is 12.7 Å². The van der Waals surface area contributed by atoms with E-state index in [0.29, 0.717) is 12.8 Å². The lowest BCUT2D eigenvalue weighted by atomic mass is 9.93. The Hall–Kier alpha value is -2.87. The van der Waals surface area contributed by atoms with E-state index in [1.165, 1.54) is 12.1 Å². The number of aliphatic hydroxyl groups excluding tert-OH is 1. The summed E-state index contributed by atoms with van der Waals surface area (Å²) in [5, 5.41) is 10.4. The number of aromatic amines is 1. The van der Waals surface area contributed by atoms with E-state index >= 15 is 0 Å². The summed E-state index contributed by atoms with van der Waals surface area (Å²) < 4.78 is 41.9. The Balaban J connectivity index is 2.40. The van der Waals surface area contributed by atoms with Crippen molar-refractivity contribution in [2.24, 2.45) is 0 Å². The van der Waals surface area contributed by atoms with E-state index in [-0.39, 0.29) is 23.0 Å². The number of alkyl halides is 3. The molecule has 0 saturated heterocycles. The third-order valence-corrected chi connectivity index (χ3v) is 4.62. The van der Waals surface area contributed by atoms with Crippen molar-refractivity contribution in [1.29, 1.82) is 0 Å². The van der Waals surface area contributed by atoms with Gasteiger partial charge < -0.3 is 10.1 Å². The lowest BCUT2D eigenvalue weighted by Crippen LogP contribution is -2.36. The molecule has 0 aliphatic rings. The topological polar surface area (TPSA) is 75.1 Å². The molecule has 0 aliphatic heterocycles. The lowest BCUT2D eigenvalue weighted by molar-refractivity contribution is -0.138. The van der Waals surface area contributed by atoms with Gasteiger partial charge in [0.1, 0.15) is 6.10 Å². The average Bonchev–Trinajstić information content (AvgIpc) is 2.66. The van der Waals surface area contributed by atoms with Crippen LogP contribution in [0, 0.1) is 0 Å². The van der Waals surface area contributed by atoms with Crippen LogP contribution >= 0.6 is 0 Å². The first kappa shape index (κ1) is 19.9. The second-order valence-electron chi connectivity index (χ2n) is 6.50. The number of halogens is 3. The molecule has 0 amide bonds. The number of unbranched alkanes of at least 4 members (excludes halogenated alkanes) is 1. The highest BCUT2D eigenvalue weighted by Crippen LogP contribution is 2.39. The molecule has 8 heteroatoms. The molecule has 2 N–H and O–H groups in total. The van der Waals surface area contributed by atoms with Crippen LogP contribution in [0.25, 0.3) is 10.9 Å². The second kappa shape index (κ2) is 7.63. The van der Waals surface area contributed by atoms with Gasteiger partial charge in [-0.25, -0.2) is 4.79 Å². The van der Waals surface area contributed by atoms with Crippen LogP contribution in [0.15, 0.2) is 52.1 Å². The molecule has 1 atom stereocenters. The Morgan fingerprint density at radius 1 is 1.11 bits per heavy atom. The Morgan fingerprint density at radius 3 is 2.39 bits per heavy atom. The van der Waals surface area contributed by atoms with Gasteiger partial charge >= 0.3 is 11.9 Å². The van der Waals surface area contributed by atoms with E-state index in [9.17, 15) is 27.9 Å². The number of aliphatic hydroxyl groups is 1. The number of aromatic nitrogens is 2. The number of hydrogen-bond donors (Lipinski definition) is 2. The molecule has 0 aliphatic carbocycles. The van der Waals surface area contributed by atoms with Gasteiger partial charge in [-0.1, -0.05) is 43.7 Å². The fourth-order valence-electron chi connectivity index (χ4n) is 3.22. The SMILES string of the molecule is CCCCn1c(=O)[nH]c2ccc(C(F)(F)F)c(C(O)c3ccccc3)c2c1=O. The van der Waals surface area contributed by atoms with Crippen LogP contribution in [0.5, 0.6) is 0 Å². The molecule has 1 aromatic heterocycles. The molecule has 0 saturated carbocycles. The third kappa shape index (κ3) is 3.60. The van der Waals surface area contributed by atoms with Gasteiger partial charge in [0.2, 0.25) is 0 Å². The molecule has 148 valence electrons. The van der Waals surface area contributed by atoms with Crippen molar-refractivity contribution >= 4 is 10.9 Å². The van der Waals surface area contributed by atoms with Crippen molar-refractivity contribution in [3.05, 3.63) is 80.0 Å². The molecule has 2 aromatic carbocycles. The van der Waals surface area contributed by atoms with E-state index in [1.54, 1.807) is 18.2 Å². The maximum atomic E-state index is 13.7. The van der Waals surface area contributed by atoms with E-state index in [1.807, 2.05) is 6.92 Å². The van der Waals surface area contributed by atoms with Crippen LogP contribution in [0.2, 0.25) is 0 Å². The summed E-state index contributed by atoms with van der Waals surface area (Å²) in [6.07, 6.45) is -5.24. The van der Waals surface area contributed by atoms with Gasteiger partial charge in [0.15, 0.2) is 0 Å². The minimum Gasteiger partial charge on any atom is -0.384 e. The monoisotopic (exact) mass is 392 g/mol. The summed E-state index contributed by atoms with van der Waals surface area (Å²) in [6, 6.07) is 9.60. The predicted octanol–water partition coefficient (Wildman–Crippen LogP) is 3.59. The molecular weight excluding hydrogens is 373 g/mol. The molecule has 1 heterocycles. The zero-order valence-corrected chi connectivity index (χ0v) is 15.1. The summed E-state index contributed by atoms with van der Waals surface area (Å²) in [7, 11) is 0. The number of H-pyrrole nitrogens is 1. The predicted molar refractivity (Wildman–Crippen MR) is 99.2 cm³/mol. The Bertz CT molecular complexity index is 1100. The molecular formula is C20H19F3N2O3. The van der Waals surface area contributed by atoms with Crippen LogP contribution in [-0.4, -0.2) is 14.7 Å². The molecule has 3 aromatic rings. The van der Waals surface area contributed by atoms with Gasteiger partial charge in [-0.2, -0.15) is 13.2 Å². The Kier molecular flexibility index (Phi) is 5.42. The Morgan fingerprint density at radius 2 is 1.79 bits per heavy atom. The highest BCUT2D eigenvalue weighted by molar-refractivity contribution is 5.83. The number of fused-ring (bicyclic) bond motifs is 1. The molecule has 0 radical (unpaired) electrons. The zero-order chi connectivity index (χ0) is 20.5. The first-order valence-electron chi connectivity index (χ1n) is 8.85. The quantitative estimate of drug-likeness (QED) is 0.697. The summed E-state index contributed by atoms with van der Waals surface area (Å²) in [6.45, 7) is 1.95. The zero-order valence-electron chi connectivity index (χ0n) is 15.1. The van der Waals surface area contributed by atoms with Gasteiger partial charge in [-0.05, 0) is 24.1 Å². The second-order valence-corrected chi connectivity index (χ2v) is 6.50. The molecule has 5 nitrogen and oxygen atoms in total. The Labute approximate surface area is 158 Å². The fourth-order valence-corrected chi connectivity index (χ4v) is 3.22. The highest BCUT2D eigenvalue weighted by atomic mass is 19.4. The van der Waals surface area contributed by atoms with E-state index in [4.69, 9.17) is 0 Å². The van der Waals surface area contributed by atoms with E-state index < -0.39 is 34.7 Å². The number of benzene rings is 2. The summed E-state index contributed by atoms with van der Waals surface area (Å²) in [4.78, 5) is 27.6. The van der Waals surface area contributed by atoms with Crippen LogP contribution in [0.1, 0.15) is 42.6 Å². The van der Waals surface area contributed by atoms with Gasteiger partial charge in [0.25, 0.3) is 5.56 Å². The molecule has 28 heavy (non-hydrogen) atoms. The normalized spacial score (nSPS) is 13.0. The van der Waals surface area contributed by atoms with Crippen molar-refractivity contribution in [2.75, 3.05) is 0 Å².